The third-order valence-electron chi connectivity index (χ3n) is 4.84. The van der Waals surface area contributed by atoms with Crippen molar-refractivity contribution in [3.63, 3.8) is 0 Å². The van der Waals surface area contributed by atoms with Crippen molar-refractivity contribution >= 4 is 35.0 Å². The Morgan fingerprint density at radius 2 is 1.85 bits per heavy atom. The van der Waals surface area contributed by atoms with Crippen LogP contribution in [-0.4, -0.2) is 27.8 Å². The number of aromatic nitrogens is 2. The Morgan fingerprint density at radius 3 is 2.53 bits per heavy atom. The molecule has 5 nitrogen and oxygen atoms in total. The number of hydrogen-bond donors (Lipinski definition) is 1. The van der Waals surface area contributed by atoms with Crippen molar-refractivity contribution in [3.05, 3.63) is 89.6 Å². The van der Waals surface area contributed by atoms with Gasteiger partial charge in [-0.2, -0.15) is 8.78 Å². The van der Waals surface area contributed by atoms with Crippen LogP contribution in [0.4, 0.5) is 14.5 Å². The molecular weight excluding hydrogens is 480 g/mol. The van der Waals surface area contributed by atoms with Crippen LogP contribution in [0.5, 0.6) is 5.75 Å². The van der Waals surface area contributed by atoms with Crippen molar-refractivity contribution in [1.29, 1.82) is 0 Å². The van der Waals surface area contributed by atoms with Gasteiger partial charge in [-0.05, 0) is 49.4 Å². The Kier molecular flexibility index (Phi) is 7.49. The van der Waals surface area contributed by atoms with Gasteiger partial charge in [-0.25, -0.2) is 4.98 Å². The topological polar surface area (TPSA) is 56.2 Å². The molecule has 1 aromatic heterocycles. The molecule has 0 saturated carbocycles. The van der Waals surface area contributed by atoms with E-state index in [4.69, 9.17) is 11.6 Å². The molecule has 0 aliphatic heterocycles. The van der Waals surface area contributed by atoms with Crippen LogP contribution < -0.4 is 10.1 Å². The van der Waals surface area contributed by atoms with Crippen molar-refractivity contribution in [2.24, 2.45) is 0 Å². The van der Waals surface area contributed by atoms with Crippen LogP contribution >= 0.6 is 23.4 Å². The molecule has 1 heterocycles. The summed E-state index contributed by atoms with van der Waals surface area (Å²) in [5.41, 5.74) is 4.17. The maximum atomic E-state index is 12.5. The summed E-state index contributed by atoms with van der Waals surface area (Å²) in [6, 6.07) is 21.2. The number of benzene rings is 3. The minimum absolute atomic E-state index is 0.0610. The summed E-state index contributed by atoms with van der Waals surface area (Å²) in [5.74, 6) is -0.0334. The average molecular weight is 500 g/mol. The summed E-state index contributed by atoms with van der Waals surface area (Å²) < 4.78 is 31.4. The van der Waals surface area contributed by atoms with E-state index < -0.39 is 6.61 Å². The van der Waals surface area contributed by atoms with Crippen molar-refractivity contribution in [1.82, 2.24) is 9.55 Å². The highest BCUT2D eigenvalue weighted by molar-refractivity contribution is 7.99. The predicted molar refractivity (Wildman–Crippen MR) is 131 cm³/mol. The highest BCUT2D eigenvalue weighted by atomic mass is 35.5. The van der Waals surface area contributed by atoms with Gasteiger partial charge in [0.1, 0.15) is 5.75 Å². The molecule has 0 spiro atoms. The molecule has 0 saturated heterocycles. The molecule has 4 rings (SSSR count). The van der Waals surface area contributed by atoms with E-state index in [1.54, 1.807) is 42.6 Å². The fourth-order valence-corrected chi connectivity index (χ4v) is 4.27. The quantitative estimate of drug-likeness (QED) is 0.270. The van der Waals surface area contributed by atoms with Gasteiger partial charge in [0.2, 0.25) is 5.91 Å². The van der Waals surface area contributed by atoms with E-state index in [1.807, 2.05) is 35.8 Å². The van der Waals surface area contributed by atoms with E-state index in [1.165, 1.54) is 23.9 Å². The fourth-order valence-electron chi connectivity index (χ4n) is 3.28. The van der Waals surface area contributed by atoms with Crippen molar-refractivity contribution in [3.8, 4) is 22.7 Å². The van der Waals surface area contributed by atoms with Crippen LogP contribution in [0.1, 0.15) is 5.56 Å². The number of nitrogens with one attached hydrogen (secondary N) is 1. The van der Waals surface area contributed by atoms with Gasteiger partial charge < -0.3 is 10.1 Å². The molecule has 0 bridgehead atoms. The first kappa shape index (κ1) is 23.8. The standard InChI is InChI=1S/C25H20ClF2N3O2S/c1-16-5-7-17(8-6-16)22-14-29-25(31(22)20-9-11-21(12-10-20)33-24(27)28)34-15-23(32)30-19-4-2-3-18(26)13-19/h2-14,24H,15H2,1H3,(H,30,32). The number of thioether (sulfide) groups is 1. The zero-order valence-electron chi connectivity index (χ0n) is 18.0. The molecule has 0 aliphatic carbocycles. The van der Waals surface area contributed by atoms with Crippen molar-refractivity contribution in [2.45, 2.75) is 18.7 Å². The third kappa shape index (κ3) is 5.95. The Balaban J connectivity index is 1.60. The Hall–Kier alpha value is -3.36. The van der Waals surface area contributed by atoms with E-state index >= 15 is 0 Å². The number of anilines is 1. The van der Waals surface area contributed by atoms with Gasteiger partial charge in [-0.3, -0.25) is 9.36 Å². The summed E-state index contributed by atoms with van der Waals surface area (Å²) in [4.78, 5) is 17.0. The molecule has 1 N–H and O–H groups in total. The summed E-state index contributed by atoms with van der Waals surface area (Å²) >= 11 is 7.24. The minimum Gasteiger partial charge on any atom is -0.435 e. The number of carbonyl (C=O) groups excluding carboxylic acids is 1. The molecule has 34 heavy (non-hydrogen) atoms. The van der Waals surface area contributed by atoms with E-state index in [0.717, 1.165) is 16.8 Å². The number of imidazole rings is 1. The van der Waals surface area contributed by atoms with E-state index in [-0.39, 0.29) is 17.4 Å². The lowest BCUT2D eigenvalue weighted by Gasteiger charge is -2.13. The summed E-state index contributed by atoms with van der Waals surface area (Å²) in [6.07, 6.45) is 1.73. The number of aryl methyl sites for hydroxylation is 1. The second-order valence-corrected chi connectivity index (χ2v) is 8.73. The number of alkyl halides is 2. The molecule has 0 fully saturated rings. The number of hydrogen-bond acceptors (Lipinski definition) is 4. The van der Waals surface area contributed by atoms with Crippen LogP contribution in [0.25, 0.3) is 16.9 Å². The number of rotatable bonds is 8. The van der Waals surface area contributed by atoms with E-state index in [0.29, 0.717) is 21.6 Å². The smallest absolute Gasteiger partial charge is 0.387 e. The maximum absolute atomic E-state index is 12.5. The van der Waals surface area contributed by atoms with Gasteiger partial charge in [0.25, 0.3) is 0 Å². The van der Waals surface area contributed by atoms with E-state index in [2.05, 4.69) is 15.0 Å². The summed E-state index contributed by atoms with van der Waals surface area (Å²) in [7, 11) is 0. The van der Waals surface area contributed by atoms with Crippen LogP contribution in [0.2, 0.25) is 5.02 Å². The summed E-state index contributed by atoms with van der Waals surface area (Å²) in [5, 5.41) is 3.93. The van der Waals surface area contributed by atoms with Crippen LogP contribution in [0.15, 0.2) is 84.1 Å². The van der Waals surface area contributed by atoms with Gasteiger partial charge in [-0.1, -0.05) is 59.3 Å². The van der Waals surface area contributed by atoms with Crippen molar-refractivity contribution in [2.75, 3.05) is 11.1 Å². The fraction of sp³-hybridized carbons (Fsp3) is 0.120. The highest BCUT2D eigenvalue weighted by Gasteiger charge is 2.16. The molecule has 1 amide bonds. The first-order valence-electron chi connectivity index (χ1n) is 10.3. The normalized spacial score (nSPS) is 11.0. The molecule has 4 aromatic rings. The molecule has 9 heteroatoms. The van der Waals surface area contributed by atoms with Gasteiger partial charge >= 0.3 is 6.61 Å². The Labute approximate surface area is 204 Å². The maximum Gasteiger partial charge on any atom is 0.387 e. The minimum atomic E-state index is -2.90. The zero-order chi connectivity index (χ0) is 24.1. The SMILES string of the molecule is Cc1ccc(-c2cnc(SCC(=O)Nc3cccc(Cl)c3)n2-c2ccc(OC(F)F)cc2)cc1. The molecular formula is C25H20ClF2N3O2S. The average Bonchev–Trinajstić information content (AvgIpc) is 3.22. The zero-order valence-corrected chi connectivity index (χ0v) is 19.6. The molecule has 3 aromatic carbocycles. The largest absolute Gasteiger partial charge is 0.435 e. The van der Waals surface area contributed by atoms with Crippen LogP contribution in [0.3, 0.4) is 0 Å². The Bertz CT molecular complexity index is 1280. The molecule has 0 radical (unpaired) electrons. The first-order chi connectivity index (χ1) is 16.4. The number of nitrogens with zero attached hydrogens (tertiary/aromatic N) is 2. The number of carbonyl (C=O) groups is 1. The second kappa shape index (κ2) is 10.7. The second-order valence-electron chi connectivity index (χ2n) is 7.35. The molecule has 0 aliphatic rings. The van der Waals surface area contributed by atoms with Crippen LogP contribution in [-0.2, 0) is 4.79 Å². The lowest BCUT2D eigenvalue weighted by atomic mass is 10.1. The van der Waals surface area contributed by atoms with Crippen molar-refractivity contribution < 1.29 is 18.3 Å². The van der Waals surface area contributed by atoms with Gasteiger partial charge in [-0.15, -0.1) is 0 Å². The Morgan fingerprint density at radius 1 is 1.12 bits per heavy atom. The summed E-state index contributed by atoms with van der Waals surface area (Å²) in [6.45, 7) is -0.894. The molecule has 0 atom stereocenters. The predicted octanol–water partition coefficient (Wildman–Crippen LogP) is 6.83. The number of ether oxygens (including phenoxy) is 1. The lowest BCUT2D eigenvalue weighted by Crippen LogP contribution is -2.14. The van der Waals surface area contributed by atoms with Crippen LogP contribution in [0, 0.1) is 6.92 Å². The van der Waals surface area contributed by atoms with E-state index in [9.17, 15) is 13.6 Å². The number of halogens is 3. The lowest BCUT2D eigenvalue weighted by molar-refractivity contribution is -0.113. The molecule has 174 valence electrons. The van der Waals surface area contributed by atoms with Gasteiger partial charge in [0.05, 0.1) is 17.6 Å². The molecule has 0 unspecified atom stereocenters. The first-order valence-corrected chi connectivity index (χ1v) is 11.6. The number of amides is 1. The monoisotopic (exact) mass is 499 g/mol. The van der Waals surface area contributed by atoms with Gasteiger partial charge in [0, 0.05) is 22.0 Å². The highest BCUT2D eigenvalue weighted by Crippen LogP contribution is 2.31. The van der Waals surface area contributed by atoms with Gasteiger partial charge in [0.15, 0.2) is 5.16 Å². The third-order valence-corrected chi connectivity index (χ3v) is 6.03.